The van der Waals surface area contributed by atoms with Gasteiger partial charge in [-0.2, -0.15) is 5.26 Å². The van der Waals surface area contributed by atoms with E-state index in [-0.39, 0.29) is 0 Å². The van der Waals surface area contributed by atoms with Crippen LogP contribution >= 0.6 is 0 Å². The number of hydrogen-bond donors (Lipinski definition) is 1. The van der Waals surface area contributed by atoms with Gasteiger partial charge in [0, 0.05) is 19.1 Å². The molecule has 0 heterocycles. The van der Waals surface area contributed by atoms with Crippen LogP contribution in [0.3, 0.4) is 0 Å². The van der Waals surface area contributed by atoms with Crippen LogP contribution in [0.4, 0.5) is 5.69 Å². The van der Waals surface area contributed by atoms with Crippen LogP contribution in [-0.2, 0) is 6.54 Å². The highest BCUT2D eigenvalue weighted by molar-refractivity contribution is 5.61. The summed E-state index contributed by atoms with van der Waals surface area (Å²) in [6.45, 7) is 11.5. The first-order valence-electron chi connectivity index (χ1n) is 8.14. The Hall–Kier alpha value is -1.53. The molecule has 1 N–H and O–H groups in total. The van der Waals surface area contributed by atoms with E-state index in [0.717, 1.165) is 30.9 Å². The van der Waals surface area contributed by atoms with Gasteiger partial charge >= 0.3 is 0 Å². The molecule has 0 aliphatic rings. The minimum absolute atomic E-state index is 0.411. The molecule has 0 unspecified atom stereocenters. The summed E-state index contributed by atoms with van der Waals surface area (Å²) in [5.41, 5.74) is 3.04. The quantitative estimate of drug-likeness (QED) is 0.696. The summed E-state index contributed by atoms with van der Waals surface area (Å²) in [6.07, 6.45) is 3.64. The van der Waals surface area contributed by atoms with Crippen molar-refractivity contribution in [2.45, 2.75) is 59.5 Å². The highest BCUT2D eigenvalue weighted by Gasteiger charge is 2.14. The zero-order chi connectivity index (χ0) is 15.7. The maximum absolute atomic E-state index is 9.47. The van der Waals surface area contributed by atoms with Gasteiger partial charge in [0.25, 0.3) is 0 Å². The zero-order valence-corrected chi connectivity index (χ0v) is 13.9. The highest BCUT2D eigenvalue weighted by Crippen LogP contribution is 2.24. The predicted molar refractivity (Wildman–Crippen MR) is 90.5 cm³/mol. The van der Waals surface area contributed by atoms with Gasteiger partial charge in [0.05, 0.1) is 11.3 Å². The third kappa shape index (κ3) is 5.40. The molecule has 116 valence electrons. The average molecular weight is 287 g/mol. The molecule has 21 heavy (non-hydrogen) atoms. The molecule has 0 radical (unpaired) electrons. The topological polar surface area (TPSA) is 39.1 Å². The lowest BCUT2D eigenvalue weighted by molar-refractivity contribution is 0.625. The van der Waals surface area contributed by atoms with Crippen LogP contribution in [0.5, 0.6) is 0 Å². The Labute approximate surface area is 130 Å². The number of nitrogens with zero attached hydrogens (tertiary/aromatic N) is 2. The summed E-state index contributed by atoms with van der Waals surface area (Å²) in [5, 5.41) is 12.8. The van der Waals surface area contributed by atoms with Crippen LogP contribution in [0.15, 0.2) is 18.2 Å². The molecule has 0 atom stereocenters. The molecule has 0 spiro atoms. The Balaban J connectivity index is 2.94. The van der Waals surface area contributed by atoms with Gasteiger partial charge in [-0.25, -0.2) is 0 Å². The van der Waals surface area contributed by atoms with Crippen molar-refractivity contribution in [1.29, 1.82) is 5.26 Å². The SMILES string of the molecule is CCCCCN(c1ccc(CNCC)cc1C#N)C(C)C. The number of nitrogens with one attached hydrogen (secondary N) is 1. The minimum Gasteiger partial charge on any atom is -0.368 e. The van der Waals surface area contributed by atoms with Crippen molar-refractivity contribution in [3.05, 3.63) is 29.3 Å². The second kappa shape index (κ2) is 9.41. The van der Waals surface area contributed by atoms with E-state index < -0.39 is 0 Å². The molecule has 0 aromatic heterocycles. The zero-order valence-electron chi connectivity index (χ0n) is 13.9. The van der Waals surface area contributed by atoms with Crippen LogP contribution in [0, 0.1) is 11.3 Å². The normalized spacial score (nSPS) is 10.7. The van der Waals surface area contributed by atoms with E-state index in [4.69, 9.17) is 0 Å². The second-order valence-corrected chi connectivity index (χ2v) is 5.74. The molecule has 0 amide bonds. The number of unbranched alkanes of at least 4 members (excludes halogenated alkanes) is 2. The summed E-state index contributed by atoms with van der Waals surface area (Å²) in [7, 11) is 0. The summed E-state index contributed by atoms with van der Waals surface area (Å²) in [4.78, 5) is 2.35. The van der Waals surface area contributed by atoms with E-state index in [1.54, 1.807) is 0 Å². The third-order valence-electron chi connectivity index (χ3n) is 3.70. The Morgan fingerprint density at radius 1 is 1.24 bits per heavy atom. The Kier molecular flexibility index (Phi) is 7.85. The maximum atomic E-state index is 9.47. The van der Waals surface area contributed by atoms with Crippen molar-refractivity contribution in [2.75, 3.05) is 18.0 Å². The minimum atomic E-state index is 0.411. The fourth-order valence-corrected chi connectivity index (χ4v) is 2.49. The first-order valence-corrected chi connectivity index (χ1v) is 8.14. The standard InChI is InChI=1S/C18H29N3/c1-5-7-8-11-21(15(3)4)18-10-9-16(14-20-6-2)12-17(18)13-19/h9-10,12,15,20H,5-8,11,14H2,1-4H3. The van der Waals surface area contributed by atoms with Crippen molar-refractivity contribution in [2.24, 2.45) is 0 Å². The van der Waals surface area contributed by atoms with Gasteiger partial charge in [0.2, 0.25) is 0 Å². The molecule has 3 nitrogen and oxygen atoms in total. The molecule has 0 saturated carbocycles. The van der Waals surface area contributed by atoms with Crippen LogP contribution in [0.2, 0.25) is 0 Å². The summed E-state index contributed by atoms with van der Waals surface area (Å²) < 4.78 is 0. The molecule has 0 bridgehead atoms. The summed E-state index contributed by atoms with van der Waals surface area (Å²) in [6, 6.07) is 9.04. The van der Waals surface area contributed by atoms with Crippen LogP contribution in [0.25, 0.3) is 0 Å². The predicted octanol–water partition coefficient (Wildman–Crippen LogP) is 4.07. The van der Waals surface area contributed by atoms with E-state index in [9.17, 15) is 5.26 Å². The van der Waals surface area contributed by atoms with E-state index >= 15 is 0 Å². The molecule has 0 fully saturated rings. The van der Waals surface area contributed by atoms with Crippen LogP contribution in [0.1, 0.15) is 58.1 Å². The maximum Gasteiger partial charge on any atom is 0.101 e. The lowest BCUT2D eigenvalue weighted by atomic mass is 10.1. The molecule has 1 rings (SSSR count). The second-order valence-electron chi connectivity index (χ2n) is 5.74. The van der Waals surface area contributed by atoms with Gasteiger partial charge in [0.15, 0.2) is 0 Å². The van der Waals surface area contributed by atoms with Gasteiger partial charge < -0.3 is 10.2 Å². The fraction of sp³-hybridized carbons (Fsp3) is 0.611. The summed E-state index contributed by atoms with van der Waals surface area (Å²) >= 11 is 0. The van der Waals surface area contributed by atoms with E-state index in [2.05, 4.69) is 56.1 Å². The molecular weight excluding hydrogens is 258 g/mol. The smallest absolute Gasteiger partial charge is 0.101 e. The van der Waals surface area contributed by atoms with E-state index in [1.165, 1.54) is 24.8 Å². The Morgan fingerprint density at radius 3 is 2.57 bits per heavy atom. The van der Waals surface area contributed by atoms with Gasteiger partial charge in [-0.05, 0) is 44.5 Å². The Morgan fingerprint density at radius 2 is 2.00 bits per heavy atom. The number of anilines is 1. The number of nitriles is 1. The molecular formula is C18H29N3. The largest absolute Gasteiger partial charge is 0.368 e. The van der Waals surface area contributed by atoms with Crippen molar-refractivity contribution >= 4 is 5.69 Å². The summed E-state index contributed by atoms with van der Waals surface area (Å²) in [5.74, 6) is 0. The van der Waals surface area contributed by atoms with Crippen LogP contribution in [-0.4, -0.2) is 19.1 Å². The first-order chi connectivity index (χ1) is 10.1. The van der Waals surface area contributed by atoms with Crippen molar-refractivity contribution in [1.82, 2.24) is 5.32 Å². The number of benzene rings is 1. The molecule has 0 aliphatic carbocycles. The molecule has 1 aromatic rings. The Bertz CT molecular complexity index is 460. The van der Waals surface area contributed by atoms with Crippen molar-refractivity contribution < 1.29 is 0 Å². The number of rotatable bonds is 9. The van der Waals surface area contributed by atoms with Gasteiger partial charge in [-0.1, -0.05) is 32.8 Å². The van der Waals surface area contributed by atoms with Gasteiger partial charge in [-0.3, -0.25) is 0 Å². The molecule has 0 aliphatic heterocycles. The molecule has 1 aromatic carbocycles. The monoisotopic (exact) mass is 287 g/mol. The van der Waals surface area contributed by atoms with Crippen molar-refractivity contribution in [3.63, 3.8) is 0 Å². The highest BCUT2D eigenvalue weighted by atomic mass is 15.1. The van der Waals surface area contributed by atoms with E-state index in [1.807, 2.05) is 6.07 Å². The van der Waals surface area contributed by atoms with Crippen LogP contribution < -0.4 is 10.2 Å². The average Bonchev–Trinajstić information content (AvgIpc) is 2.49. The van der Waals surface area contributed by atoms with Gasteiger partial charge in [0.1, 0.15) is 6.07 Å². The first kappa shape index (κ1) is 17.5. The molecule has 0 saturated heterocycles. The molecule has 3 heteroatoms. The lowest BCUT2D eigenvalue weighted by Gasteiger charge is -2.30. The fourth-order valence-electron chi connectivity index (χ4n) is 2.49. The van der Waals surface area contributed by atoms with Crippen molar-refractivity contribution in [3.8, 4) is 6.07 Å². The third-order valence-corrected chi connectivity index (χ3v) is 3.70. The van der Waals surface area contributed by atoms with Gasteiger partial charge in [-0.15, -0.1) is 0 Å². The van der Waals surface area contributed by atoms with E-state index in [0.29, 0.717) is 6.04 Å². The lowest BCUT2D eigenvalue weighted by Crippen LogP contribution is -2.32. The number of hydrogen-bond acceptors (Lipinski definition) is 3.